The highest BCUT2D eigenvalue weighted by Gasteiger charge is 2.29. The highest BCUT2D eigenvalue weighted by molar-refractivity contribution is 7.89. The smallest absolute Gasteiger partial charge is 0.241 e. The van der Waals surface area contributed by atoms with E-state index >= 15 is 0 Å². The summed E-state index contributed by atoms with van der Waals surface area (Å²) in [5.74, 6) is -0.389. The van der Waals surface area contributed by atoms with Gasteiger partial charge in [-0.1, -0.05) is 67.1 Å². The molecule has 0 bridgehead atoms. The van der Waals surface area contributed by atoms with E-state index in [0.29, 0.717) is 25.9 Å². The molecule has 2 N–H and O–H groups in total. The molecule has 8 heteroatoms. The summed E-state index contributed by atoms with van der Waals surface area (Å²) in [7, 11) is -3.99. The van der Waals surface area contributed by atoms with Crippen LogP contribution in [0.3, 0.4) is 0 Å². The standard InChI is InChI=1S/C28H31N3O4S/c1-3-27(32)31-16-15-23-18-24(13-14-26(23)31)36(34,35)30-25(17-21-7-5-4-6-8-21)28(33)29-19-22-11-9-20(2)10-12-22/h4-14,18,25,30H,3,15-17,19H2,1-2H3,(H,29,33)/t25-/m1/s1. The number of nitrogens with zero attached hydrogens (tertiary/aromatic N) is 1. The van der Waals surface area contributed by atoms with Crippen molar-refractivity contribution in [3.05, 3.63) is 95.1 Å². The number of nitrogens with one attached hydrogen (secondary N) is 2. The molecule has 0 radical (unpaired) electrons. The van der Waals surface area contributed by atoms with Crippen molar-refractivity contribution in [1.82, 2.24) is 10.0 Å². The number of rotatable bonds is 9. The van der Waals surface area contributed by atoms with Gasteiger partial charge < -0.3 is 10.2 Å². The van der Waals surface area contributed by atoms with Gasteiger partial charge in [0.15, 0.2) is 0 Å². The minimum Gasteiger partial charge on any atom is -0.351 e. The predicted octanol–water partition coefficient (Wildman–Crippen LogP) is 3.50. The van der Waals surface area contributed by atoms with Crippen LogP contribution in [0, 0.1) is 6.92 Å². The van der Waals surface area contributed by atoms with Gasteiger partial charge in [-0.05, 0) is 54.7 Å². The van der Waals surface area contributed by atoms with Gasteiger partial charge in [-0.15, -0.1) is 0 Å². The van der Waals surface area contributed by atoms with Gasteiger partial charge in [-0.3, -0.25) is 9.59 Å². The Hall–Kier alpha value is -3.49. The maximum absolute atomic E-state index is 13.3. The molecule has 0 saturated carbocycles. The van der Waals surface area contributed by atoms with E-state index in [1.807, 2.05) is 61.5 Å². The Bertz CT molecular complexity index is 1340. The van der Waals surface area contributed by atoms with Crippen LogP contribution in [-0.4, -0.2) is 32.8 Å². The van der Waals surface area contributed by atoms with Crippen LogP contribution in [0.15, 0.2) is 77.7 Å². The lowest BCUT2D eigenvalue weighted by molar-refractivity contribution is -0.123. The van der Waals surface area contributed by atoms with Crippen LogP contribution in [0.1, 0.15) is 35.6 Å². The third kappa shape index (κ3) is 6.01. The fourth-order valence-electron chi connectivity index (χ4n) is 4.31. The zero-order valence-electron chi connectivity index (χ0n) is 20.5. The molecule has 7 nitrogen and oxygen atoms in total. The summed E-state index contributed by atoms with van der Waals surface area (Å²) in [5.41, 5.74) is 4.45. The molecule has 1 aliphatic rings. The highest BCUT2D eigenvalue weighted by Crippen LogP contribution is 2.30. The van der Waals surface area contributed by atoms with Crippen molar-refractivity contribution in [2.24, 2.45) is 0 Å². The van der Waals surface area contributed by atoms with E-state index in [1.165, 1.54) is 6.07 Å². The first kappa shape index (κ1) is 25.6. The van der Waals surface area contributed by atoms with E-state index in [0.717, 1.165) is 27.9 Å². The summed E-state index contributed by atoms with van der Waals surface area (Å²) in [4.78, 5) is 27.1. The van der Waals surface area contributed by atoms with Crippen LogP contribution in [0.25, 0.3) is 0 Å². The maximum atomic E-state index is 13.3. The average molecular weight is 506 g/mol. The monoisotopic (exact) mass is 505 g/mol. The Morgan fingerprint density at radius 3 is 2.39 bits per heavy atom. The summed E-state index contributed by atoms with van der Waals surface area (Å²) in [6.07, 6.45) is 1.19. The number of benzene rings is 3. The fraction of sp³-hybridized carbons (Fsp3) is 0.286. The van der Waals surface area contributed by atoms with E-state index in [1.54, 1.807) is 24.0 Å². The Balaban J connectivity index is 1.54. The quantitative estimate of drug-likeness (QED) is 0.465. The minimum absolute atomic E-state index is 0.00987. The first-order valence-corrected chi connectivity index (χ1v) is 13.6. The Kier molecular flexibility index (Phi) is 7.86. The van der Waals surface area contributed by atoms with Gasteiger partial charge in [0.1, 0.15) is 6.04 Å². The van der Waals surface area contributed by atoms with E-state index in [4.69, 9.17) is 0 Å². The Morgan fingerprint density at radius 1 is 0.972 bits per heavy atom. The third-order valence-corrected chi connectivity index (χ3v) is 7.81. The molecule has 0 saturated heterocycles. The molecule has 4 rings (SSSR count). The van der Waals surface area contributed by atoms with Crippen LogP contribution in [0.5, 0.6) is 0 Å². The second-order valence-corrected chi connectivity index (χ2v) is 10.7. The number of carbonyl (C=O) groups is 2. The number of fused-ring (bicyclic) bond motifs is 1. The molecule has 3 aromatic carbocycles. The molecule has 1 atom stereocenters. The minimum atomic E-state index is -3.99. The van der Waals surface area contributed by atoms with Crippen LogP contribution in [0.2, 0.25) is 0 Å². The number of carbonyl (C=O) groups excluding carboxylic acids is 2. The van der Waals surface area contributed by atoms with E-state index in [-0.39, 0.29) is 17.2 Å². The molecule has 0 fully saturated rings. The van der Waals surface area contributed by atoms with Crippen LogP contribution in [-0.2, 0) is 39.0 Å². The molecule has 188 valence electrons. The van der Waals surface area contributed by atoms with Crippen molar-refractivity contribution >= 4 is 27.5 Å². The van der Waals surface area contributed by atoms with Crippen molar-refractivity contribution in [2.45, 2.75) is 50.6 Å². The zero-order valence-corrected chi connectivity index (χ0v) is 21.3. The van der Waals surface area contributed by atoms with Crippen molar-refractivity contribution in [3.63, 3.8) is 0 Å². The van der Waals surface area contributed by atoms with Crippen LogP contribution >= 0.6 is 0 Å². The van der Waals surface area contributed by atoms with E-state index in [9.17, 15) is 18.0 Å². The van der Waals surface area contributed by atoms with E-state index < -0.39 is 22.0 Å². The molecule has 0 aliphatic carbocycles. The molecular formula is C28H31N3O4S. The highest BCUT2D eigenvalue weighted by atomic mass is 32.2. The Labute approximate surface area is 212 Å². The fourth-order valence-corrected chi connectivity index (χ4v) is 5.55. The van der Waals surface area contributed by atoms with Gasteiger partial charge in [0.25, 0.3) is 0 Å². The molecule has 0 spiro atoms. The molecule has 1 heterocycles. The second kappa shape index (κ2) is 11.1. The first-order valence-electron chi connectivity index (χ1n) is 12.1. The second-order valence-electron chi connectivity index (χ2n) is 9.01. The van der Waals surface area contributed by atoms with Gasteiger partial charge in [0, 0.05) is 25.2 Å². The van der Waals surface area contributed by atoms with Crippen molar-refractivity contribution < 1.29 is 18.0 Å². The number of aryl methyl sites for hydroxylation is 1. The average Bonchev–Trinajstić information content (AvgIpc) is 3.31. The van der Waals surface area contributed by atoms with Gasteiger partial charge in [0.2, 0.25) is 21.8 Å². The van der Waals surface area contributed by atoms with Crippen molar-refractivity contribution in [2.75, 3.05) is 11.4 Å². The number of hydrogen-bond acceptors (Lipinski definition) is 4. The maximum Gasteiger partial charge on any atom is 0.241 e. The largest absolute Gasteiger partial charge is 0.351 e. The topological polar surface area (TPSA) is 95.6 Å². The summed E-state index contributed by atoms with van der Waals surface area (Å²) < 4.78 is 29.3. The predicted molar refractivity (Wildman–Crippen MR) is 140 cm³/mol. The van der Waals surface area contributed by atoms with Gasteiger partial charge in [0.05, 0.1) is 4.90 Å². The lowest BCUT2D eigenvalue weighted by Gasteiger charge is -2.20. The number of anilines is 1. The van der Waals surface area contributed by atoms with Gasteiger partial charge in [-0.2, -0.15) is 4.72 Å². The number of sulfonamides is 1. The molecule has 0 aromatic heterocycles. The molecular weight excluding hydrogens is 474 g/mol. The van der Waals surface area contributed by atoms with Crippen LogP contribution < -0.4 is 14.9 Å². The van der Waals surface area contributed by atoms with Crippen molar-refractivity contribution in [1.29, 1.82) is 0 Å². The molecule has 3 aromatic rings. The van der Waals surface area contributed by atoms with Crippen LogP contribution in [0.4, 0.5) is 5.69 Å². The van der Waals surface area contributed by atoms with Gasteiger partial charge in [-0.25, -0.2) is 8.42 Å². The van der Waals surface area contributed by atoms with E-state index in [2.05, 4.69) is 10.0 Å². The summed E-state index contributed by atoms with van der Waals surface area (Å²) >= 11 is 0. The SMILES string of the molecule is CCC(=O)N1CCc2cc(S(=O)(=O)N[C@H](Cc3ccccc3)C(=O)NCc3ccc(C)cc3)ccc21. The van der Waals surface area contributed by atoms with Gasteiger partial charge >= 0.3 is 0 Å². The lowest BCUT2D eigenvalue weighted by atomic mass is 10.1. The summed E-state index contributed by atoms with van der Waals surface area (Å²) in [6.45, 7) is 4.63. The lowest BCUT2D eigenvalue weighted by Crippen LogP contribution is -2.47. The third-order valence-electron chi connectivity index (χ3n) is 6.34. The Morgan fingerprint density at radius 2 is 1.69 bits per heavy atom. The zero-order chi connectivity index (χ0) is 25.7. The summed E-state index contributed by atoms with van der Waals surface area (Å²) in [5, 5.41) is 2.87. The first-order chi connectivity index (χ1) is 17.3. The van der Waals surface area contributed by atoms with Crippen molar-refractivity contribution in [3.8, 4) is 0 Å². The number of hydrogen-bond donors (Lipinski definition) is 2. The normalized spacial score (nSPS) is 13.8. The molecule has 2 amide bonds. The molecule has 36 heavy (non-hydrogen) atoms. The number of amides is 2. The molecule has 1 aliphatic heterocycles. The molecule has 0 unspecified atom stereocenters. The summed E-state index contributed by atoms with van der Waals surface area (Å²) in [6, 6.07) is 20.9.